The van der Waals surface area contributed by atoms with E-state index in [1.165, 1.54) is 24.3 Å². The molecule has 0 heterocycles. The Hall–Kier alpha value is -2.38. The van der Waals surface area contributed by atoms with Crippen molar-refractivity contribution in [1.82, 2.24) is 4.72 Å². The molecule has 1 amide bonds. The van der Waals surface area contributed by atoms with E-state index in [2.05, 4.69) is 10.0 Å². The third kappa shape index (κ3) is 4.87. The maximum atomic E-state index is 12.5. The van der Waals surface area contributed by atoms with Crippen molar-refractivity contribution in [3.63, 3.8) is 0 Å². The summed E-state index contributed by atoms with van der Waals surface area (Å²) in [5.74, 6) is 0.267. The zero-order valence-corrected chi connectivity index (χ0v) is 16.1. The number of anilines is 1. The Labute approximate surface area is 160 Å². The predicted octanol–water partition coefficient (Wildman–Crippen LogP) is 3.56. The molecular formula is C20H24N2O4S. The summed E-state index contributed by atoms with van der Waals surface area (Å²) in [6.45, 7) is 2.37. The molecule has 0 aromatic heterocycles. The van der Waals surface area contributed by atoms with Crippen LogP contribution in [0.25, 0.3) is 0 Å². The maximum absolute atomic E-state index is 12.5. The van der Waals surface area contributed by atoms with Crippen LogP contribution in [0, 0.1) is 0 Å². The fraction of sp³-hybridized carbons (Fsp3) is 0.350. The lowest BCUT2D eigenvalue weighted by molar-refractivity contribution is 0.102. The average Bonchev–Trinajstić information content (AvgIpc) is 3.16. The summed E-state index contributed by atoms with van der Waals surface area (Å²) in [5, 5.41) is 2.80. The second-order valence-corrected chi connectivity index (χ2v) is 8.22. The lowest BCUT2D eigenvalue weighted by Crippen LogP contribution is -2.32. The highest BCUT2D eigenvalue weighted by Gasteiger charge is 2.23. The highest BCUT2D eigenvalue weighted by molar-refractivity contribution is 7.89. The van der Waals surface area contributed by atoms with Gasteiger partial charge in [-0.1, -0.05) is 25.0 Å². The Morgan fingerprint density at radius 3 is 2.41 bits per heavy atom. The molecule has 0 unspecified atom stereocenters. The van der Waals surface area contributed by atoms with Gasteiger partial charge in [0.15, 0.2) is 0 Å². The van der Waals surface area contributed by atoms with Gasteiger partial charge >= 0.3 is 0 Å². The standard InChI is InChI=1S/C20H24N2O4S/c1-2-26-19-10-6-5-9-18(19)21-20(23)15-11-13-17(14-12-15)27(24,25)22-16-7-3-4-8-16/h5-6,9-14,16,22H,2-4,7-8H2,1H3,(H,21,23). The Kier molecular flexibility index (Phi) is 6.13. The third-order valence-electron chi connectivity index (χ3n) is 4.54. The molecule has 1 fully saturated rings. The number of benzene rings is 2. The zero-order chi connectivity index (χ0) is 19.3. The van der Waals surface area contributed by atoms with Gasteiger partial charge in [0.05, 0.1) is 17.2 Å². The average molecular weight is 388 g/mol. The van der Waals surface area contributed by atoms with Gasteiger partial charge in [-0.2, -0.15) is 0 Å². The SMILES string of the molecule is CCOc1ccccc1NC(=O)c1ccc(S(=O)(=O)NC2CCCC2)cc1. The summed E-state index contributed by atoms with van der Waals surface area (Å²) in [7, 11) is -3.56. The second kappa shape index (κ2) is 8.54. The van der Waals surface area contributed by atoms with Gasteiger partial charge in [-0.05, 0) is 56.2 Å². The lowest BCUT2D eigenvalue weighted by Gasteiger charge is -2.13. The largest absolute Gasteiger partial charge is 0.492 e. The summed E-state index contributed by atoms with van der Waals surface area (Å²) < 4.78 is 33.1. The Balaban J connectivity index is 1.70. The molecule has 2 N–H and O–H groups in total. The summed E-state index contributed by atoms with van der Waals surface area (Å²) in [6.07, 6.45) is 3.85. The summed E-state index contributed by atoms with van der Waals surface area (Å²) in [6, 6.07) is 13.1. The minimum Gasteiger partial charge on any atom is -0.492 e. The highest BCUT2D eigenvalue weighted by atomic mass is 32.2. The quantitative estimate of drug-likeness (QED) is 0.760. The van der Waals surface area contributed by atoms with Crippen LogP contribution in [0.2, 0.25) is 0 Å². The first kappa shape index (κ1) is 19.4. The van der Waals surface area contributed by atoms with Crippen LogP contribution in [0.4, 0.5) is 5.69 Å². The monoisotopic (exact) mass is 388 g/mol. The molecule has 3 rings (SSSR count). The number of rotatable bonds is 7. The lowest BCUT2D eigenvalue weighted by atomic mass is 10.2. The van der Waals surface area contributed by atoms with Crippen LogP contribution in [0.1, 0.15) is 43.0 Å². The molecule has 0 radical (unpaired) electrons. The van der Waals surface area contributed by atoms with Gasteiger partial charge in [-0.15, -0.1) is 0 Å². The number of sulfonamides is 1. The van der Waals surface area contributed by atoms with Gasteiger partial charge in [0.2, 0.25) is 10.0 Å². The zero-order valence-electron chi connectivity index (χ0n) is 15.3. The number of nitrogens with one attached hydrogen (secondary N) is 2. The van der Waals surface area contributed by atoms with Crippen molar-refractivity contribution in [3.8, 4) is 5.75 Å². The van der Waals surface area contributed by atoms with E-state index in [0.717, 1.165) is 25.7 Å². The van der Waals surface area contributed by atoms with Crippen LogP contribution < -0.4 is 14.8 Å². The van der Waals surface area contributed by atoms with Gasteiger partial charge < -0.3 is 10.1 Å². The Bertz CT molecular complexity index is 888. The van der Waals surface area contributed by atoms with E-state index in [4.69, 9.17) is 4.74 Å². The minimum absolute atomic E-state index is 0.00745. The van der Waals surface area contributed by atoms with Crippen molar-refractivity contribution in [2.45, 2.75) is 43.5 Å². The molecule has 144 valence electrons. The Morgan fingerprint density at radius 2 is 1.74 bits per heavy atom. The number of carbonyl (C=O) groups excluding carboxylic acids is 1. The molecule has 0 atom stereocenters. The smallest absolute Gasteiger partial charge is 0.255 e. The van der Waals surface area contributed by atoms with E-state index in [1.807, 2.05) is 19.1 Å². The molecule has 2 aromatic rings. The molecule has 1 aliphatic rings. The van der Waals surface area contributed by atoms with E-state index >= 15 is 0 Å². The number of para-hydroxylation sites is 2. The van der Waals surface area contributed by atoms with Crippen molar-refractivity contribution in [2.24, 2.45) is 0 Å². The molecule has 1 aliphatic carbocycles. The van der Waals surface area contributed by atoms with Crippen LogP contribution in [-0.2, 0) is 10.0 Å². The van der Waals surface area contributed by atoms with Crippen molar-refractivity contribution in [2.75, 3.05) is 11.9 Å². The van der Waals surface area contributed by atoms with Crippen molar-refractivity contribution in [1.29, 1.82) is 0 Å². The molecule has 27 heavy (non-hydrogen) atoms. The number of amides is 1. The van der Waals surface area contributed by atoms with E-state index < -0.39 is 10.0 Å². The molecule has 0 bridgehead atoms. The summed E-state index contributed by atoms with van der Waals surface area (Å²) in [5.41, 5.74) is 0.949. The van der Waals surface area contributed by atoms with Crippen LogP contribution >= 0.6 is 0 Å². The van der Waals surface area contributed by atoms with Gasteiger partial charge in [0.1, 0.15) is 5.75 Å². The first-order valence-corrected chi connectivity index (χ1v) is 10.6. The highest BCUT2D eigenvalue weighted by Crippen LogP contribution is 2.25. The topological polar surface area (TPSA) is 84.5 Å². The molecule has 2 aromatic carbocycles. The van der Waals surface area contributed by atoms with Crippen LogP contribution in [-0.4, -0.2) is 27.0 Å². The predicted molar refractivity (Wildman–Crippen MR) is 105 cm³/mol. The Morgan fingerprint density at radius 1 is 1.07 bits per heavy atom. The van der Waals surface area contributed by atoms with Crippen LogP contribution in [0.15, 0.2) is 53.4 Å². The maximum Gasteiger partial charge on any atom is 0.255 e. The first-order valence-electron chi connectivity index (χ1n) is 9.15. The molecular weight excluding hydrogens is 364 g/mol. The summed E-state index contributed by atoms with van der Waals surface area (Å²) >= 11 is 0. The number of carbonyl (C=O) groups is 1. The van der Waals surface area contributed by atoms with E-state index in [-0.39, 0.29) is 16.8 Å². The summed E-state index contributed by atoms with van der Waals surface area (Å²) in [4.78, 5) is 12.6. The second-order valence-electron chi connectivity index (χ2n) is 6.51. The first-order chi connectivity index (χ1) is 13.0. The fourth-order valence-electron chi connectivity index (χ4n) is 3.16. The van der Waals surface area contributed by atoms with E-state index in [9.17, 15) is 13.2 Å². The fourth-order valence-corrected chi connectivity index (χ4v) is 4.47. The van der Waals surface area contributed by atoms with E-state index in [1.54, 1.807) is 12.1 Å². The number of hydrogen-bond acceptors (Lipinski definition) is 4. The molecule has 0 spiro atoms. The van der Waals surface area contributed by atoms with Gasteiger partial charge in [-0.25, -0.2) is 13.1 Å². The van der Waals surface area contributed by atoms with Crippen LogP contribution in [0.5, 0.6) is 5.75 Å². The normalized spacial score (nSPS) is 14.9. The van der Waals surface area contributed by atoms with Crippen molar-refractivity contribution in [3.05, 3.63) is 54.1 Å². The van der Waals surface area contributed by atoms with Crippen molar-refractivity contribution >= 4 is 21.6 Å². The molecule has 0 aliphatic heterocycles. The van der Waals surface area contributed by atoms with E-state index in [0.29, 0.717) is 23.6 Å². The molecule has 0 saturated heterocycles. The van der Waals surface area contributed by atoms with Gasteiger partial charge in [0, 0.05) is 11.6 Å². The number of ether oxygens (including phenoxy) is 1. The van der Waals surface area contributed by atoms with Gasteiger partial charge in [-0.3, -0.25) is 4.79 Å². The number of hydrogen-bond donors (Lipinski definition) is 2. The van der Waals surface area contributed by atoms with Crippen molar-refractivity contribution < 1.29 is 17.9 Å². The molecule has 6 nitrogen and oxygen atoms in total. The molecule has 7 heteroatoms. The molecule has 1 saturated carbocycles. The van der Waals surface area contributed by atoms with Gasteiger partial charge in [0.25, 0.3) is 5.91 Å². The third-order valence-corrected chi connectivity index (χ3v) is 6.08. The van der Waals surface area contributed by atoms with Crippen LogP contribution in [0.3, 0.4) is 0 Å². The minimum atomic E-state index is -3.56.